The molecule has 170 valence electrons. The predicted octanol–water partition coefficient (Wildman–Crippen LogP) is 4.11. The number of rotatable bonds is 5. The summed E-state index contributed by atoms with van der Waals surface area (Å²) in [7, 11) is -4.17. The van der Waals surface area contributed by atoms with Crippen molar-refractivity contribution in [3.63, 3.8) is 0 Å². The number of aromatic nitrogens is 1. The lowest BCUT2D eigenvalue weighted by atomic mass is 9.98. The smallest absolute Gasteiger partial charge is 0.417 e. The highest BCUT2D eigenvalue weighted by atomic mass is 35.5. The number of sulfonamides is 1. The molecule has 0 bridgehead atoms. The van der Waals surface area contributed by atoms with Gasteiger partial charge in [0, 0.05) is 13.1 Å². The van der Waals surface area contributed by atoms with E-state index in [9.17, 15) is 26.4 Å². The zero-order chi connectivity index (χ0) is 23.0. The van der Waals surface area contributed by atoms with E-state index in [1.54, 1.807) is 13.8 Å². The number of aryl methyl sites for hydroxylation is 2. The van der Waals surface area contributed by atoms with E-state index in [0.717, 1.165) is 16.4 Å². The third-order valence-electron chi connectivity index (χ3n) is 5.21. The molecule has 2 heterocycles. The summed E-state index contributed by atoms with van der Waals surface area (Å²) in [5.74, 6) is -0.432. The molecule has 7 nitrogen and oxygen atoms in total. The molecule has 1 saturated heterocycles. The van der Waals surface area contributed by atoms with Crippen LogP contribution in [0.5, 0.6) is 0 Å². The fraction of sp³-hybridized carbons (Fsp3) is 0.474. The number of ether oxygens (including phenoxy) is 1. The van der Waals surface area contributed by atoms with Crippen LogP contribution < -0.4 is 0 Å². The van der Waals surface area contributed by atoms with Gasteiger partial charge in [0.2, 0.25) is 10.0 Å². The molecule has 0 aliphatic carbocycles. The maximum atomic E-state index is 13.1. The Labute approximate surface area is 182 Å². The summed E-state index contributed by atoms with van der Waals surface area (Å²) >= 11 is 5.57. The molecule has 3 rings (SSSR count). The van der Waals surface area contributed by atoms with Crippen LogP contribution in [-0.2, 0) is 32.3 Å². The van der Waals surface area contributed by atoms with Crippen molar-refractivity contribution in [2.75, 3.05) is 13.1 Å². The quantitative estimate of drug-likeness (QED) is 0.598. The Bertz CT molecular complexity index is 1060. The Morgan fingerprint density at radius 3 is 2.48 bits per heavy atom. The number of carbonyl (C=O) groups is 1. The first-order valence-electron chi connectivity index (χ1n) is 9.36. The maximum absolute atomic E-state index is 13.1. The second-order valence-corrected chi connectivity index (χ2v) is 9.57. The molecule has 0 atom stereocenters. The van der Waals surface area contributed by atoms with Crippen molar-refractivity contribution >= 4 is 27.6 Å². The minimum atomic E-state index is -4.78. The molecule has 0 radical (unpaired) electrons. The van der Waals surface area contributed by atoms with E-state index in [4.69, 9.17) is 20.9 Å². The van der Waals surface area contributed by atoms with Crippen molar-refractivity contribution < 1.29 is 35.6 Å². The Kier molecular flexibility index (Phi) is 6.68. The second kappa shape index (κ2) is 8.79. The highest BCUT2D eigenvalue weighted by molar-refractivity contribution is 7.89. The summed E-state index contributed by atoms with van der Waals surface area (Å²) in [5.41, 5.74) is 0.0806. The van der Waals surface area contributed by atoms with Gasteiger partial charge < -0.3 is 9.26 Å². The maximum Gasteiger partial charge on any atom is 0.417 e. The van der Waals surface area contributed by atoms with Crippen LogP contribution >= 0.6 is 11.6 Å². The molecule has 0 N–H and O–H groups in total. The summed E-state index contributed by atoms with van der Waals surface area (Å²) < 4.78 is 76.2. The molecule has 2 aromatic rings. The van der Waals surface area contributed by atoms with E-state index >= 15 is 0 Å². The van der Waals surface area contributed by atoms with Crippen LogP contribution in [0.2, 0.25) is 5.02 Å². The topological polar surface area (TPSA) is 89.7 Å². The SMILES string of the molecule is Cc1noc(C)c1COC(=O)C1CCN(S(=O)(=O)c2ccc(Cl)c(C(F)(F)F)c2)CC1. The monoisotopic (exact) mass is 480 g/mol. The molecule has 0 spiro atoms. The highest BCUT2D eigenvalue weighted by Crippen LogP contribution is 2.37. The number of alkyl halides is 3. The first kappa shape index (κ1) is 23.6. The van der Waals surface area contributed by atoms with Crippen molar-refractivity contribution in [2.45, 2.75) is 44.4 Å². The Morgan fingerprint density at radius 1 is 1.29 bits per heavy atom. The lowest BCUT2D eigenvalue weighted by Crippen LogP contribution is -2.40. The first-order valence-corrected chi connectivity index (χ1v) is 11.2. The third kappa shape index (κ3) is 5.04. The summed E-state index contributed by atoms with van der Waals surface area (Å²) in [6.07, 6.45) is -4.39. The van der Waals surface area contributed by atoms with E-state index in [0.29, 0.717) is 23.1 Å². The van der Waals surface area contributed by atoms with Crippen molar-refractivity contribution in [2.24, 2.45) is 5.92 Å². The van der Waals surface area contributed by atoms with Crippen LogP contribution in [0.25, 0.3) is 0 Å². The number of hydrogen-bond donors (Lipinski definition) is 0. The molecule has 1 aliphatic heterocycles. The Balaban J connectivity index is 1.64. The molecule has 1 aromatic heterocycles. The normalized spacial score (nSPS) is 16.5. The fourth-order valence-electron chi connectivity index (χ4n) is 3.33. The van der Waals surface area contributed by atoms with Gasteiger partial charge in [-0.1, -0.05) is 16.8 Å². The highest BCUT2D eigenvalue weighted by Gasteiger charge is 2.37. The second-order valence-electron chi connectivity index (χ2n) is 7.23. The minimum Gasteiger partial charge on any atom is -0.460 e. The van der Waals surface area contributed by atoms with E-state index in [-0.39, 0.29) is 32.5 Å². The number of hydrogen-bond acceptors (Lipinski definition) is 6. The van der Waals surface area contributed by atoms with E-state index in [1.807, 2.05) is 0 Å². The number of benzene rings is 1. The summed E-state index contributed by atoms with van der Waals surface area (Å²) in [6.45, 7) is 3.40. The zero-order valence-electron chi connectivity index (χ0n) is 16.7. The van der Waals surface area contributed by atoms with Crippen LogP contribution in [0, 0.1) is 19.8 Å². The minimum absolute atomic E-state index is 0.00348. The van der Waals surface area contributed by atoms with Crippen molar-refractivity contribution in [3.8, 4) is 0 Å². The van der Waals surface area contributed by atoms with Gasteiger partial charge >= 0.3 is 12.1 Å². The number of carbonyl (C=O) groups excluding carboxylic acids is 1. The fourth-order valence-corrected chi connectivity index (χ4v) is 5.05. The van der Waals surface area contributed by atoms with Crippen molar-refractivity contribution in [1.29, 1.82) is 0 Å². The molecule has 12 heteroatoms. The molecule has 0 unspecified atom stereocenters. The number of piperidine rings is 1. The zero-order valence-corrected chi connectivity index (χ0v) is 18.3. The van der Waals surface area contributed by atoms with Gasteiger partial charge in [0.25, 0.3) is 0 Å². The van der Waals surface area contributed by atoms with Gasteiger partial charge in [-0.15, -0.1) is 0 Å². The molecule has 0 amide bonds. The number of halogens is 4. The van der Waals surface area contributed by atoms with E-state index in [1.165, 1.54) is 0 Å². The van der Waals surface area contributed by atoms with Crippen molar-refractivity contribution in [1.82, 2.24) is 9.46 Å². The number of nitrogens with zero attached hydrogens (tertiary/aromatic N) is 2. The molecule has 0 saturated carbocycles. The standard InChI is InChI=1S/C19H20ClF3N2O5S/c1-11-15(12(2)30-24-11)10-29-18(26)13-5-7-25(8-6-13)31(27,28)14-3-4-17(20)16(9-14)19(21,22)23/h3-4,9,13H,5-8,10H2,1-2H3. The van der Waals surface area contributed by atoms with Crippen LogP contribution in [0.15, 0.2) is 27.6 Å². The van der Waals surface area contributed by atoms with Gasteiger partial charge in [-0.05, 0) is 44.9 Å². The molecule has 1 aliphatic rings. The lowest BCUT2D eigenvalue weighted by Gasteiger charge is -2.30. The Morgan fingerprint density at radius 2 is 1.94 bits per heavy atom. The average Bonchev–Trinajstić information content (AvgIpc) is 3.03. The molecule has 1 aromatic carbocycles. The van der Waals surface area contributed by atoms with Gasteiger partial charge in [-0.2, -0.15) is 17.5 Å². The molecular weight excluding hydrogens is 461 g/mol. The molecular formula is C19H20ClF3N2O5S. The summed E-state index contributed by atoms with van der Waals surface area (Å²) in [4.78, 5) is 11.9. The van der Waals surface area contributed by atoms with Crippen molar-refractivity contribution in [3.05, 3.63) is 45.8 Å². The van der Waals surface area contributed by atoms with Crippen LogP contribution in [-0.4, -0.2) is 36.9 Å². The van der Waals surface area contributed by atoms with Gasteiger partial charge in [-0.3, -0.25) is 4.79 Å². The first-order chi connectivity index (χ1) is 14.4. The third-order valence-corrected chi connectivity index (χ3v) is 7.43. The van der Waals surface area contributed by atoms with Crippen LogP contribution in [0.1, 0.15) is 35.4 Å². The largest absolute Gasteiger partial charge is 0.460 e. The van der Waals surface area contributed by atoms with Crippen LogP contribution in [0.4, 0.5) is 13.2 Å². The van der Waals surface area contributed by atoms with Gasteiger partial charge in [0.15, 0.2) is 0 Å². The van der Waals surface area contributed by atoms with Gasteiger partial charge in [-0.25, -0.2) is 8.42 Å². The van der Waals surface area contributed by atoms with E-state index < -0.39 is 43.6 Å². The molecule has 1 fully saturated rings. The lowest BCUT2D eigenvalue weighted by molar-refractivity contribution is -0.151. The van der Waals surface area contributed by atoms with Crippen LogP contribution in [0.3, 0.4) is 0 Å². The van der Waals surface area contributed by atoms with Gasteiger partial charge in [0.1, 0.15) is 12.4 Å². The predicted molar refractivity (Wildman–Crippen MR) is 104 cm³/mol. The van der Waals surface area contributed by atoms with E-state index in [2.05, 4.69) is 5.16 Å². The summed E-state index contributed by atoms with van der Waals surface area (Å²) in [6, 6.07) is 2.48. The molecule has 31 heavy (non-hydrogen) atoms. The number of esters is 1. The Hall–Kier alpha value is -2.11. The summed E-state index contributed by atoms with van der Waals surface area (Å²) in [5, 5.41) is 3.20. The van der Waals surface area contributed by atoms with Gasteiger partial charge in [0.05, 0.1) is 32.7 Å². The average molecular weight is 481 g/mol.